The van der Waals surface area contributed by atoms with E-state index < -0.39 is 5.60 Å². The summed E-state index contributed by atoms with van der Waals surface area (Å²) in [5, 5.41) is 12.2. The predicted molar refractivity (Wildman–Crippen MR) is 120 cm³/mol. The van der Waals surface area contributed by atoms with E-state index >= 15 is 0 Å². The number of rotatable bonds is 8. The van der Waals surface area contributed by atoms with E-state index in [1.54, 1.807) is 20.5 Å². The third kappa shape index (κ3) is 3.71. The monoisotopic (exact) mass is 428 g/mol. The van der Waals surface area contributed by atoms with Crippen LogP contribution in [0, 0.1) is 16.7 Å². The van der Waals surface area contributed by atoms with Gasteiger partial charge >= 0.3 is 0 Å². The summed E-state index contributed by atoms with van der Waals surface area (Å²) >= 11 is 0. The lowest BCUT2D eigenvalue weighted by Crippen LogP contribution is -2.50. The van der Waals surface area contributed by atoms with Crippen molar-refractivity contribution in [3.05, 3.63) is 48.3 Å². The fraction of sp³-hybridized carbons (Fsp3) is 0.615. The van der Waals surface area contributed by atoms with Crippen molar-refractivity contribution in [1.29, 1.82) is 0 Å². The normalized spacial score (nSPS) is 34.2. The Balaban J connectivity index is 1.61. The lowest BCUT2D eigenvalue weighted by molar-refractivity contribution is -0.0684. The van der Waals surface area contributed by atoms with Crippen molar-refractivity contribution in [2.24, 2.45) is 16.7 Å². The molecule has 5 heteroatoms. The first-order valence-electron chi connectivity index (χ1n) is 11.4. The largest absolute Gasteiger partial charge is 0.497 e. The second-order valence-corrected chi connectivity index (χ2v) is 9.78. The van der Waals surface area contributed by atoms with Gasteiger partial charge in [-0.3, -0.25) is 0 Å². The zero-order valence-electron chi connectivity index (χ0n) is 19.2. The Morgan fingerprint density at radius 3 is 2.52 bits per heavy atom. The molecule has 2 bridgehead atoms. The van der Waals surface area contributed by atoms with Crippen molar-refractivity contribution in [3.8, 4) is 11.5 Å². The molecule has 0 aliphatic heterocycles. The molecule has 4 rings (SSSR count). The Hall–Kier alpha value is -1.82. The molecule has 0 radical (unpaired) electrons. The number of hydrogen-bond donors (Lipinski definition) is 1. The maximum atomic E-state index is 12.2. The number of methoxy groups -OCH3 is 2. The SMILES string of the molecule is COCO[C@@H]1C=C([C@]2(O)C[C@H]3CC[C@@]2(/C=C/Oc2ccc(OC)cc2)C3(C)C)CCC1. The molecule has 3 aliphatic carbocycles. The molecule has 31 heavy (non-hydrogen) atoms. The van der Waals surface area contributed by atoms with Crippen LogP contribution in [0.15, 0.2) is 48.3 Å². The van der Waals surface area contributed by atoms with Gasteiger partial charge in [-0.25, -0.2) is 0 Å². The second-order valence-electron chi connectivity index (χ2n) is 9.78. The molecule has 5 nitrogen and oxygen atoms in total. The lowest BCUT2D eigenvalue weighted by atomic mass is 9.59. The fourth-order valence-corrected chi connectivity index (χ4v) is 6.34. The number of fused-ring (bicyclic) bond motifs is 2. The van der Waals surface area contributed by atoms with Crippen LogP contribution >= 0.6 is 0 Å². The molecule has 0 saturated heterocycles. The Bertz CT molecular complexity index is 827. The van der Waals surface area contributed by atoms with Gasteiger partial charge in [0.1, 0.15) is 18.3 Å². The van der Waals surface area contributed by atoms with Crippen LogP contribution in [0.4, 0.5) is 0 Å². The van der Waals surface area contributed by atoms with Crippen molar-refractivity contribution in [1.82, 2.24) is 0 Å². The van der Waals surface area contributed by atoms with Gasteiger partial charge in [-0.15, -0.1) is 0 Å². The Morgan fingerprint density at radius 2 is 1.84 bits per heavy atom. The summed E-state index contributed by atoms with van der Waals surface area (Å²) < 4.78 is 22.1. The topological polar surface area (TPSA) is 57.2 Å². The number of hydrogen-bond acceptors (Lipinski definition) is 5. The first kappa shape index (κ1) is 22.4. The van der Waals surface area contributed by atoms with E-state index in [9.17, 15) is 5.11 Å². The van der Waals surface area contributed by atoms with E-state index in [0.29, 0.717) is 5.92 Å². The van der Waals surface area contributed by atoms with Crippen LogP contribution in [0.1, 0.15) is 52.4 Å². The van der Waals surface area contributed by atoms with E-state index in [2.05, 4.69) is 26.0 Å². The van der Waals surface area contributed by atoms with Gasteiger partial charge in [0.2, 0.25) is 0 Å². The van der Waals surface area contributed by atoms with Crippen LogP contribution in [0.3, 0.4) is 0 Å². The minimum Gasteiger partial charge on any atom is -0.497 e. The van der Waals surface area contributed by atoms with Gasteiger partial charge in [-0.05, 0) is 85.8 Å². The van der Waals surface area contributed by atoms with Crippen molar-refractivity contribution in [3.63, 3.8) is 0 Å². The average Bonchev–Trinajstić information content (AvgIpc) is 3.12. The Kier molecular flexibility index (Phi) is 6.21. The second kappa shape index (κ2) is 8.61. The molecule has 4 atom stereocenters. The van der Waals surface area contributed by atoms with E-state index in [1.165, 1.54) is 0 Å². The molecule has 0 aromatic heterocycles. The molecule has 1 N–H and O–H groups in total. The average molecular weight is 429 g/mol. The summed E-state index contributed by atoms with van der Waals surface area (Å²) in [6.07, 6.45) is 11.9. The van der Waals surface area contributed by atoms with Gasteiger partial charge in [0.25, 0.3) is 0 Å². The van der Waals surface area contributed by atoms with Crippen LogP contribution in [-0.4, -0.2) is 37.8 Å². The quantitative estimate of drug-likeness (QED) is 0.348. The van der Waals surface area contributed by atoms with Crippen molar-refractivity contribution >= 4 is 0 Å². The molecule has 3 aliphatic rings. The number of benzene rings is 1. The molecule has 0 amide bonds. The zero-order chi connectivity index (χ0) is 22.1. The van der Waals surface area contributed by atoms with Gasteiger partial charge in [0.15, 0.2) is 0 Å². The molecule has 170 valence electrons. The first-order chi connectivity index (χ1) is 14.9. The van der Waals surface area contributed by atoms with Crippen LogP contribution in [0.2, 0.25) is 0 Å². The Morgan fingerprint density at radius 1 is 1.10 bits per heavy atom. The van der Waals surface area contributed by atoms with Crippen molar-refractivity contribution in [2.75, 3.05) is 21.0 Å². The van der Waals surface area contributed by atoms with E-state index in [1.807, 2.05) is 24.3 Å². The molecule has 1 aromatic rings. The van der Waals surface area contributed by atoms with Gasteiger partial charge in [-0.1, -0.05) is 19.9 Å². The van der Waals surface area contributed by atoms with Crippen LogP contribution in [-0.2, 0) is 9.47 Å². The molecule has 0 heterocycles. The lowest BCUT2D eigenvalue weighted by Gasteiger charge is -2.48. The Labute approximate surface area is 186 Å². The highest BCUT2D eigenvalue weighted by molar-refractivity contribution is 5.38. The molecule has 0 spiro atoms. The van der Waals surface area contributed by atoms with E-state index in [4.69, 9.17) is 18.9 Å². The summed E-state index contributed by atoms with van der Waals surface area (Å²) in [4.78, 5) is 0. The van der Waals surface area contributed by atoms with Gasteiger partial charge < -0.3 is 24.1 Å². The minimum absolute atomic E-state index is 0.00606. The number of ether oxygens (including phenoxy) is 4. The molecule has 1 aromatic carbocycles. The molecule has 0 unspecified atom stereocenters. The van der Waals surface area contributed by atoms with Gasteiger partial charge in [0.05, 0.1) is 25.1 Å². The van der Waals surface area contributed by atoms with Crippen molar-refractivity contribution < 1.29 is 24.1 Å². The van der Waals surface area contributed by atoms with Crippen LogP contribution in [0.25, 0.3) is 0 Å². The summed E-state index contributed by atoms with van der Waals surface area (Å²) in [5.74, 6) is 2.05. The molecule has 2 saturated carbocycles. The zero-order valence-corrected chi connectivity index (χ0v) is 19.2. The van der Waals surface area contributed by atoms with E-state index in [-0.39, 0.29) is 23.7 Å². The summed E-state index contributed by atoms with van der Waals surface area (Å²) in [7, 11) is 3.29. The maximum Gasteiger partial charge on any atom is 0.147 e. The maximum absolute atomic E-state index is 12.2. The predicted octanol–water partition coefficient (Wildman–Crippen LogP) is 5.24. The van der Waals surface area contributed by atoms with Gasteiger partial charge in [-0.2, -0.15) is 0 Å². The third-order valence-corrected chi connectivity index (χ3v) is 8.21. The first-order valence-corrected chi connectivity index (χ1v) is 11.4. The highest BCUT2D eigenvalue weighted by Crippen LogP contribution is 2.72. The highest BCUT2D eigenvalue weighted by Gasteiger charge is 2.70. The summed E-state index contributed by atoms with van der Waals surface area (Å²) in [5.41, 5.74) is -0.104. The fourth-order valence-electron chi connectivity index (χ4n) is 6.34. The smallest absolute Gasteiger partial charge is 0.147 e. The number of aliphatic hydroxyl groups is 1. The van der Waals surface area contributed by atoms with Crippen LogP contribution < -0.4 is 9.47 Å². The summed E-state index contributed by atoms with van der Waals surface area (Å²) in [6.45, 7) is 4.90. The molecular formula is C26H36O5. The highest BCUT2D eigenvalue weighted by atomic mass is 16.7. The molecule has 2 fully saturated rings. The summed E-state index contributed by atoms with van der Waals surface area (Å²) in [6, 6.07) is 7.56. The molecular weight excluding hydrogens is 392 g/mol. The van der Waals surface area contributed by atoms with Gasteiger partial charge in [0, 0.05) is 12.5 Å². The van der Waals surface area contributed by atoms with Crippen molar-refractivity contribution in [2.45, 2.75) is 64.1 Å². The van der Waals surface area contributed by atoms with E-state index in [0.717, 1.165) is 55.6 Å². The minimum atomic E-state index is -0.867. The third-order valence-electron chi connectivity index (χ3n) is 8.21. The standard InChI is InChI=1S/C26H36O5/c1-24(2)20-12-13-25(24,14-15-30-22-10-8-21(29-4)9-11-22)26(27,17-20)19-6-5-7-23(16-19)31-18-28-3/h8-11,14-16,20,23,27H,5-7,12-13,17-18H2,1-4H3/b15-14+/t20-,23+,25-,26-/m1/s1. The van der Waals surface area contributed by atoms with Crippen LogP contribution in [0.5, 0.6) is 11.5 Å².